The highest BCUT2D eigenvalue weighted by Crippen LogP contribution is 2.30. The summed E-state index contributed by atoms with van der Waals surface area (Å²) in [4.78, 5) is 3.92. The molecule has 2 N–H and O–H groups in total. The van der Waals surface area contributed by atoms with Crippen molar-refractivity contribution in [2.75, 3.05) is 12.8 Å². The van der Waals surface area contributed by atoms with Crippen LogP contribution >= 0.6 is 0 Å². The van der Waals surface area contributed by atoms with Crippen LogP contribution in [0.1, 0.15) is 0 Å². The van der Waals surface area contributed by atoms with Crippen LogP contribution in [0.3, 0.4) is 0 Å². The Bertz CT molecular complexity index is 825. The summed E-state index contributed by atoms with van der Waals surface area (Å²) in [7, 11) is 1.29. The lowest BCUT2D eigenvalue weighted by molar-refractivity contribution is 0.387. The minimum Gasteiger partial charge on any atom is -0.494 e. The molecule has 0 aliphatic heterocycles. The van der Waals surface area contributed by atoms with Gasteiger partial charge < -0.3 is 10.5 Å². The van der Waals surface area contributed by atoms with Crippen LogP contribution in [0.15, 0.2) is 30.3 Å². The fourth-order valence-corrected chi connectivity index (χ4v) is 2.19. The van der Waals surface area contributed by atoms with Gasteiger partial charge in [0.25, 0.3) is 0 Å². The molecule has 0 atom stereocenters. The van der Waals surface area contributed by atoms with Crippen LogP contribution in [0.25, 0.3) is 16.7 Å². The lowest BCUT2D eigenvalue weighted by Gasteiger charge is -2.09. The molecular weight excluding hydrogens is 283 g/mol. The van der Waals surface area contributed by atoms with E-state index >= 15 is 0 Å². The van der Waals surface area contributed by atoms with Crippen molar-refractivity contribution in [1.29, 1.82) is 0 Å². The van der Waals surface area contributed by atoms with Gasteiger partial charge in [-0.3, -0.25) is 4.57 Å². The third-order valence-corrected chi connectivity index (χ3v) is 3.12. The van der Waals surface area contributed by atoms with E-state index in [2.05, 4.69) is 4.98 Å². The van der Waals surface area contributed by atoms with Crippen molar-refractivity contribution in [1.82, 2.24) is 9.55 Å². The fourth-order valence-electron chi connectivity index (χ4n) is 2.19. The number of halogens is 3. The van der Waals surface area contributed by atoms with E-state index in [9.17, 15) is 13.2 Å². The Labute approximate surface area is 117 Å². The van der Waals surface area contributed by atoms with E-state index in [0.717, 1.165) is 22.8 Å². The van der Waals surface area contributed by atoms with Crippen molar-refractivity contribution in [3.05, 3.63) is 47.8 Å². The van der Waals surface area contributed by atoms with Gasteiger partial charge in [0.2, 0.25) is 5.95 Å². The molecule has 2 aromatic carbocycles. The number of rotatable bonds is 2. The van der Waals surface area contributed by atoms with E-state index in [1.54, 1.807) is 0 Å². The molecule has 1 heterocycles. The minimum atomic E-state index is -0.802. The molecule has 0 bridgehead atoms. The van der Waals surface area contributed by atoms with E-state index in [0.29, 0.717) is 0 Å². The Morgan fingerprint density at radius 3 is 2.38 bits per heavy atom. The molecule has 0 unspecified atom stereocenters. The Kier molecular flexibility index (Phi) is 2.97. The third kappa shape index (κ3) is 1.97. The van der Waals surface area contributed by atoms with Crippen molar-refractivity contribution in [2.24, 2.45) is 0 Å². The van der Waals surface area contributed by atoms with Gasteiger partial charge in [-0.05, 0) is 12.1 Å². The molecule has 0 aliphatic rings. The minimum absolute atomic E-state index is 0.0691. The molecule has 21 heavy (non-hydrogen) atoms. The zero-order valence-electron chi connectivity index (χ0n) is 10.9. The van der Waals surface area contributed by atoms with Crippen LogP contribution in [0.5, 0.6) is 5.75 Å². The Balaban J connectivity index is 2.40. The number of methoxy groups -OCH3 is 1. The molecule has 0 saturated carbocycles. The molecule has 0 amide bonds. The second-order valence-electron chi connectivity index (χ2n) is 4.35. The second-order valence-corrected chi connectivity index (χ2v) is 4.35. The number of aromatic nitrogens is 2. The number of fused-ring (bicyclic) bond motifs is 1. The number of benzene rings is 2. The largest absolute Gasteiger partial charge is 0.494 e. The Morgan fingerprint density at radius 2 is 1.76 bits per heavy atom. The van der Waals surface area contributed by atoms with Gasteiger partial charge in [0.15, 0.2) is 11.6 Å². The summed E-state index contributed by atoms with van der Waals surface area (Å²) in [6, 6.07) is 5.83. The number of para-hydroxylation sites is 1. The standard InChI is InChI=1S/C14H10F3N3O/c1-21-12-6-11-10(5-9(12)17)19-14(18)20(11)13-7(15)3-2-4-8(13)16/h2-6H,1H3,(H2,18,19). The molecule has 7 heteroatoms. The Morgan fingerprint density at radius 1 is 1.10 bits per heavy atom. The van der Waals surface area contributed by atoms with E-state index in [1.165, 1.54) is 19.2 Å². The van der Waals surface area contributed by atoms with Crippen molar-refractivity contribution in [2.45, 2.75) is 0 Å². The predicted octanol–water partition coefficient (Wildman–Crippen LogP) is 3.03. The maximum Gasteiger partial charge on any atom is 0.206 e. The summed E-state index contributed by atoms with van der Waals surface area (Å²) in [5, 5.41) is 0. The van der Waals surface area contributed by atoms with Gasteiger partial charge in [0.05, 0.1) is 18.1 Å². The first kappa shape index (κ1) is 13.3. The van der Waals surface area contributed by atoms with Crippen molar-refractivity contribution >= 4 is 17.0 Å². The number of hydrogen-bond donors (Lipinski definition) is 1. The van der Waals surface area contributed by atoms with Crippen molar-refractivity contribution < 1.29 is 17.9 Å². The molecule has 108 valence electrons. The topological polar surface area (TPSA) is 53.1 Å². The number of hydrogen-bond acceptors (Lipinski definition) is 3. The summed E-state index contributed by atoms with van der Waals surface area (Å²) in [6.45, 7) is 0. The third-order valence-electron chi connectivity index (χ3n) is 3.12. The van der Waals surface area contributed by atoms with Gasteiger partial charge in [-0.1, -0.05) is 6.07 Å². The lowest BCUT2D eigenvalue weighted by Crippen LogP contribution is -2.05. The van der Waals surface area contributed by atoms with Crippen molar-refractivity contribution in [3.63, 3.8) is 0 Å². The maximum atomic E-state index is 13.9. The first-order valence-electron chi connectivity index (χ1n) is 5.98. The number of nitrogens with zero attached hydrogens (tertiary/aromatic N) is 2. The summed E-state index contributed by atoms with van der Waals surface area (Å²) >= 11 is 0. The van der Waals surface area contributed by atoms with Gasteiger partial charge >= 0.3 is 0 Å². The monoisotopic (exact) mass is 293 g/mol. The summed E-state index contributed by atoms with van der Waals surface area (Å²) in [5.74, 6) is -2.46. The molecule has 3 aromatic rings. The van der Waals surface area contributed by atoms with Crippen LogP contribution in [0.4, 0.5) is 19.1 Å². The van der Waals surface area contributed by atoms with Crippen LogP contribution in [-0.2, 0) is 0 Å². The number of imidazole rings is 1. The lowest BCUT2D eigenvalue weighted by atomic mass is 10.2. The first-order chi connectivity index (χ1) is 10.0. The van der Waals surface area contributed by atoms with Gasteiger partial charge in [-0.15, -0.1) is 0 Å². The zero-order chi connectivity index (χ0) is 15.1. The summed E-state index contributed by atoms with van der Waals surface area (Å²) in [6.07, 6.45) is 0. The molecule has 0 aliphatic carbocycles. The zero-order valence-corrected chi connectivity index (χ0v) is 10.9. The second kappa shape index (κ2) is 4.69. The molecule has 4 nitrogen and oxygen atoms in total. The SMILES string of the molecule is COc1cc2c(cc1F)nc(N)n2-c1c(F)cccc1F. The van der Waals surface area contributed by atoms with Crippen LogP contribution in [0.2, 0.25) is 0 Å². The molecule has 1 aromatic heterocycles. The highest BCUT2D eigenvalue weighted by atomic mass is 19.1. The smallest absolute Gasteiger partial charge is 0.206 e. The highest BCUT2D eigenvalue weighted by molar-refractivity contribution is 5.82. The number of nitrogens with two attached hydrogens (primary N) is 1. The summed E-state index contributed by atoms with van der Waals surface area (Å²) < 4.78 is 47.5. The van der Waals surface area contributed by atoms with Crippen LogP contribution in [0, 0.1) is 17.5 Å². The van der Waals surface area contributed by atoms with E-state index in [1.807, 2.05) is 0 Å². The van der Waals surface area contributed by atoms with Gasteiger partial charge in [-0.2, -0.15) is 0 Å². The number of anilines is 1. The quantitative estimate of drug-likeness (QED) is 0.790. The average molecular weight is 293 g/mol. The maximum absolute atomic E-state index is 13.9. The summed E-state index contributed by atoms with van der Waals surface area (Å²) in [5.41, 5.74) is 5.77. The normalized spacial score (nSPS) is 11.0. The molecular formula is C14H10F3N3O. The average Bonchev–Trinajstić information content (AvgIpc) is 2.73. The van der Waals surface area contributed by atoms with E-state index < -0.39 is 17.5 Å². The Hall–Kier alpha value is -2.70. The molecule has 0 fully saturated rings. The predicted molar refractivity (Wildman–Crippen MR) is 71.9 cm³/mol. The number of ether oxygens (including phenoxy) is 1. The molecule has 3 rings (SSSR count). The van der Waals surface area contributed by atoms with Crippen LogP contribution < -0.4 is 10.5 Å². The van der Waals surface area contributed by atoms with Crippen LogP contribution in [-0.4, -0.2) is 16.7 Å². The van der Waals surface area contributed by atoms with E-state index in [4.69, 9.17) is 10.5 Å². The first-order valence-corrected chi connectivity index (χ1v) is 5.98. The van der Waals surface area contributed by atoms with Gasteiger partial charge in [-0.25, -0.2) is 18.2 Å². The van der Waals surface area contributed by atoms with Gasteiger partial charge in [0, 0.05) is 12.1 Å². The van der Waals surface area contributed by atoms with Crippen molar-refractivity contribution in [3.8, 4) is 11.4 Å². The fraction of sp³-hybridized carbons (Fsp3) is 0.0714. The van der Waals surface area contributed by atoms with Gasteiger partial charge in [0.1, 0.15) is 17.3 Å². The molecule has 0 radical (unpaired) electrons. The van der Waals surface area contributed by atoms with E-state index in [-0.39, 0.29) is 28.4 Å². The number of nitrogen functional groups attached to an aromatic ring is 1. The molecule has 0 saturated heterocycles. The molecule has 0 spiro atoms. The highest BCUT2D eigenvalue weighted by Gasteiger charge is 2.19.